The second kappa shape index (κ2) is 5.15. The average molecular weight is 231 g/mol. The van der Waals surface area contributed by atoms with E-state index in [1.807, 2.05) is 12.1 Å². The van der Waals surface area contributed by atoms with Crippen LogP contribution in [0.2, 0.25) is 0 Å². The van der Waals surface area contributed by atoms with Crippen molar-refractivity contribution in [1.29, 1.82) is 0 Å². The molecular weight excluding hydrogens is 214 g/mol. The van der Waals surface area contributed by atoms with Gasteiger partial charge in [-0.3, -0.25) is 4.90 Å². The summed E-state index contributed by atoms with van der Waals surface area (Å²) in [6.07, 6.45) is 0. The Labute approximate surface area is 101 Å². The van der Waals surface area contributed by atoms with Crippen molar-refractivity contribution >= 4 is 11.0 Å². The van der Waals surface area contributed by atoms with E-state index in [1.54, 1.807) is 6.07 Å². The van der Waals surface area contributed by atoms with Gasteiger partial charge in [0.05, 0.1) is 0 Å². The van der Waals surface area contributed by atoms with E-state index < -0.39 is 0 Å². The molecule has 3 nitrogen and oxygen atoms in total. The van der Waals surface area contributed by atoms with Crippen LogP contribution in [0.3, 0.4) is 0 Å². The zero-order valence-corrected chi connectivity index (χ0v) is 10.3. The first kappa shape index (κ1) is 11.9. The third-order valence-corrected chi connectivity index (χ3v) is 2.99. The third kappa shape index (κ3) is 2.74. The Morgan fingerprint density at radius 2 is 1.82 bits per heavy atom. The Bertz CT molecular complexity index is 555. The molecule has 17 heavy (non-hydrogen) atoms. The Morgan fingerprint density at radius 3 is 2.53 bits per heavy atom. The minimum Gasteiger partial charge on any atom is -0.423 e. The summed E-state index contributed by atoms with van der Waals surface area (Å²) in [5.74, 6) is 0. The van der Waals surface area contributed by atoms with Crippen LogP contribution in [0.15, 0.2) is 39.5 Å². The standard InChI is InChI=1S/C14H17NO2/c1-3-15(4-2)10-11-5-6-12-7-8-14(16)17-13(12)9-11/h5-9H,3-4,10H2,1-2H3. The van der Waals surface area contributed by atoms with Crippen LogP contribution in [0.25, 0.3) is 11.0 Å². The third-order valence-electron chi connectivity index (χ3n) is 2.99. The van der Waals surface area contributed by atoms with Gasteiger partial charge in [0.25, 0.3) is 0 Å². The lowest BCUT2D eigenvalue weighted by Gasteiger charge is -2.17. The summed E-state index contributed by atoms with van der Waals surface area (Å²) in [5, 5.41) is 0.966. The normalized spacial score (nSPS) is 11.2. The van der Waals surface area contributed by atoms with Crippen molar-refractivity contribution in [2.45, 2.75) is 20.4 Å². The topological polar surface area (TPSA) is 33.5 Å². The zero-order chi connectivity index (χ0) is 12.3. The van der Waals surface area contributed by atoms with E-state index in [0.29, 0.717) is 5.58 Å². The molecule has 0 N–H and O–H groups in total. The van der Waals surface area contributed by atoms with Crippen molar-refractivity contribution in [3.05, 3.63) is 46.3 Å². The summed E-state index contributed by atoms with van der Waals surface area (Å²) >= 11 is 0. The minimum atomic E-state index is -0.294. The summed E-state index contributed by atoms with van der Waals surface area (Å²) in [6, 6.07) is 9.28. The molecule has 0 fully saturated rings. The summed E-state index contributed by atoms with van der Waals surface area (Å²) < 4.78 is 5.18. The quantitative estimate of drug-likeness (QED) is 0.758. The molecular formula is C14H17NO2. The number of nitrogens with zero attached hydrogens (tertiary/aromatic N) is 1. The second-order valence-electron chi connectivity index (χ2n) is 4.09. The molecule has 0 radical (unpaired) electrons. The van der Waals surface area contributed by atoms with Gasteiger partial charge in [0.2, 0.25) is 0 Å². The maximum atomic E-state index is 11.2. The van der Waals surface area contributed by atoms with Crippen molar-refractivity contribution in [2.24, 2.45) is 0 Å². The van der Waals surface area contributed by atoms with Gasteiger partial charge in [0, 0.05) is 18.0 Å². The summed E-state index contributed by atoms with van der Waals surface area (Å²) in [5.41, 5.74) is 1.55. The van der Waals surface area contributed by atoms with Crippen molar-refractivity contribution in [3.8, 4) is 0 Å². The molecule has 0 atom stereocenters. The van der Waals surface area contributed by atoms with E-state index in [-0.39, 0.29) is 5.63 Å². The van der Waals surface area contributed by atoms with Crippen molar-refractivity contribution in [3.63, 3.8) is 0 Å². The molecule has 2 aromatic rings. The molecule has 0 aliphatic rings. The minimum absolute atomic E-state index is 0.294. The number of fused-ring (bicyclic) bond motifs is 1. The monoisotopic (exact) mass is 231 g/mol. The molecule has 1 aromatic carbocycles. The molecule has 0 bridgehead atoms. The molecule has 1 aromatic heterocycles. The fourth-order valence-electron chi connectivity index (χ4n) is 1.91. The van der Waals surface area contributed by atoms with Crippen molar-refractivity contribution < 1.29 is 4.42 Å². The van der Waals surface area contributed by atoms with Crippen LogP contribution in [-0.2, 0) is 6.54 Å². The van der Waals surface area contributed by atoms with Gasteiger partial charge in [-0.1, -0.05) is 26.0 Å². The number of rotatable bonds is 4. The molecule has 90 valence electrons. The highest BCUT2D eigenvalue weighted by molar-refractivity contribution is 5.76. The molecule has 0 saturated heterocycles. The van der Waals surface area contributed by atoms with E-state index in [9.17, 15) is 4.79 Å². The number of benzene rings is 1. The van der Waals surface area contributed by atoms with Crippen molar-refractivity contribution in [1.82, 2.24) is 4.90 Å². The first-order valence-corrected chi connectivity index (χ1v) is 5.98. The lowest BCUT2D eigenvalue weighted by Crippen LogP contribution is -2.22. The van der Waals surface area contributed by atoms with Gasteiger partial charge in [-0.05, 0) is 30.8 Å². The number of hydrogen-bond acceptors (Lipinski definition) is 3. The summed E-state index contributed by atoms with van der Waals surface area (Å²) in [6.45, 7) is 7.22. The van der Waals surface area contributed by atoms with E-state index in [0.717, 1.165) is 25.0 Å². The van der Waals surface area contributed by atoms with Gasteiger partial charge >= 0.3 is 5.63 Å². The van der Waals surface area contributed by atoms with Crippen LogP contribution >= 0.6 is 0 Å². The molecule has 0 amide bonds. The lowest BCUT2D eigenvalue weighted by atomic mass is 10.1. The zero-order valence-electron chi connectivity index (χ0n) is 10.3. The number of hydrogen-bond donors (Lipinski definition) is 0. The van der Waals surface area contributed by atoms with Crippen LogP contribution in [0, 0.1) is 0 Å². The van der Waals surface area contributed by atoms with E-state index in [1.165, 1.54) is 11.6 Å². The Kier molecular flexibility index (Phi) is 3.59. The van der Waals surface area contributed by atoms with Crippen LogP contribution in [0.4, 0.5) is 0 Å². The molecule has 2 rings (SSSR count). The fourth-order valence-corrected chi connectivity index (χ4v) is 1.91. The lowest BCUT2D eigenvalue weighted by molar-refractivity contribution is 0.296. The fraction of sp³-hybridized carbons (Fsp3) is 0.357. The highest BCUT2D eigenvalue weighted by atomic mass is 16.4. The molecule has 1 heterocycles. The van der Waals surface area contributed by atoms with Gasteiger partial charge in [-0.15, -0.1) is 0 Å². The molecule has 0 aliphatic heterocycles. The predicted molar refractivity (Wildman–Crippen MR) is 69.1 cm³/mol. The highest BCUT2D eigenvalue weighted by Gasteiger charge is 2.03. The van der Waals surface area contributed by atoms with Crippen LogP contribution in [0.1, 0.15) is 19.4 Å². The molecule has 0 spiro atoms. The van der Waals surface area contributed by atoms with Crippen LogP contribution in [0.5, 0.6) is 0 Å². The van der Waals surface area contributed by atoms with Gasteiger partial charge in [0.1, 0.15) is 5.58 Å². The Balaban J connectivity index is 2.33. The Morgan fingerprint density at radius 1 is 1.12 bits per heavy atom. The van der Waals surface area contributed by atoms with E-state index in [2.05, 4.69) is 24.8 Å². The molecule has 0 saturated carbocycles. The maximum Gasteiger partial charge on any atom is 0.336 e. The van der Waals surface area contributed by atoms with E-state index >= 15 is 0 Å². The molecule has 3 heteroatoms. The molecule has 0 aliphatic carbocycles. The van der Waals surface area contributed by atoms with Crippen LogP contribution in [-0.4, -0.2) is 18.0 Å². The van der Waals surface area contributed by atoms with E-state index in [4.69, 9.17) is 4.42 Å². The summed E-state index contributed by atoms with van der Waals surface area (Å²) in [4.78, 5) is 13.5. The smallest absolute Gasteiger partial charge is 0.336 e. The van der Waals surface area contributed by atoms with Crippen LogP contribution < -0.4 is 5.63 Å². The molecule has 0 unspecified atom stereocenters. The first-order chi connectivity index (χ1) is 8.22. The summed E-state index contributed by atoms with van der Waals surface area (Å²) in [7, 11) is 0. The predicted octanol–water partition coefficient (Wildman–Crippen LogP) is 2.63. The largest absolute Gasteiger partial charge is 0.423 e. The first-order valence-electron chi connectivity index (χ1n) is 5.98. The van der Waals surface area contributed by atoms with Crippen molar-refractivity contribution in [2.75, 3.05) is 13.1 Å². The van der Waals surface area contributed by atoms with Gasteiger partial charge in [-0.2, -0.15) is 0 Å². The van der Waals surface area contributed by atoms with Gasteiger partial charge in [0.15, 0.2) is 0 Å². The highest BCUT2D eigenvalue weighted by Crippen LogP contribution is 2.15. The Hall–Kier alpha value is -1.61. The average Bonchev–Trinajstić information content (AvgIpc) is 2.35. The SMILES string of the molecule is CCN(CC)Cc1ccc2ccc(=O)oc2c1. The maximum absolute atomic E-state index is 11.2. The van der Waals surface area contributed by atoms with Gasteiger partial charge < -0.3 is 4.42 Å². The second-order valence-corrected chi connectivity index (χ2v) is 4.09. The van der Waals surface area contributed by atoms with Gasteiger partial charge in [-0.25, -0.2) is 4.79 Å².